The van der Waals surface area contributed by atoms with Crippen molar-refractivity contribution < 1.29 is 9.53 Å². The first-order chi connectivity index (χ1) is 12.2. The number of aromatic nitrogens is 2. The van der Waals surface area contributed by atoms with Crippen LogP contribution in [0.4, 0.5) is 0 Å². The molecule has 0 radical (unpaired) electrons. The van der Waals surface area contributed by atoms with Gasteiger partial charge in [0.25, 0.3) is 5.91 Å². The lowest BCUT2D eigenvalue weighted by Crippen LogP contribution is -2.37. The Bertz CT molecular complexity index is 784. The molecule has 0 bridgehead atoms. The van der Waals surface area contributed by atoms with Crippen molar-refractivity contribution >= 4 is 5.91 Å². The van der Waals surface area contributed by atoms with E-state index in [-0.39, 0.29) is 5.91 Å². The summed E-state index contributed by atoms with van der Waals surface area (Å²) in [6.45, 7) is 2.32. The molecule has 128 valence electrons. The maximum absolute atomic E-state index is 12.1. The average Bonchev–Trinajstić information content (AvgIpc) is 3.18. The molecule has 0 spiro atoms. The molecule has 3 rings (SSSR count). The Morgan fingerprint density at radius 2 is 1.88 bits per heavy atom. The van der Waals surface area contributed by atoms with E-state index in [1.165, 1.54) is 0 Å². The minimum Gasteiger partial charge on any atom is -0.481 e. The lowest BCUT2D eigenvalue weighted by Gasteiger charge is -2.14. The van der Waals surface area contributed by atoms with Crippen LogP contribution in [0.1, 0.15) is 12.5 Å². The Morgan fingerprint density at radius 3 is 2.56 bits per heavy atom. The van der Waals surface area contributed by atoms with Crippen molar-refractivity contribution in [1.29, 1.82) is 0 Å². The van der Waals surface area contributed by atoms with Gasteiger partial charge in [0.2, 0.25) is 0 Å². The molecule has 0 aliphatic rings. The molecule has 0 fully saturated rings. The summed E-state index contributed by atoms with van der Waals surface area (Å²) in [6.07, 6.45) is 3.90. The van der Waals surface area contributed by atoms with Gasteiger partial charge in [0.15, 0.2) is 6.10 Å². The third kappa shape index (κ3) is 4.70. The molecule has 1 N–H and O–H groups in total. The second kappa shape index (κ2) is 8.15. The minimum absolute atomic E-state index is 0.114. The summed E-state index contributed by atoms with van der Waals surface area (Å²) in [7, 11) is 0. The van der Waals surface area contributed by atoms with Gasteiger partial charge in [-0.2, -0.15) is 5.10 Å². The Hall–Kier alpha value is -3.08. The Balaban J connectivity index is 1.45. The molecule has 0 saturated heterocycles. The second-order valence-electron chi connectivity index (χ2n) is 5.73. The van der Waals surface area contributed by atoms with Crippen LogP contribution in [-0.4, -0.2) is 28.3 Å². The predicted molar refractivity (Wildman–Crippen MR) is 96.8 cm³/mol. The van der Waals surface area contributed by atoms with Gasteiger partial charge < -0.3 is 10.1 Å². The number of amides is 1. The lowest BCUT2D eigenvalue weighted by atomic mass is 10.1. The summed E-state index contributed by atoms with van der Waals surface area (Å²) in [5, 5.41) is 7.11. The SMILES string of the molecule is CC(Oc1ccccc1)C(=O)NCCc1ccc(-n2cccn2)cc1. The number of hydrogen-bond acceptors (Lipinski definition) is 3. The molecule has 5 nitrogen and oxygen atoms in total. The molecular weight excluding hydrogens is 314 g/mol. The van der Waals surface area contributed by atoms with Gasteiger partial charge in [0, 0.05) is 18.9 Å². The molecule has 1 unspecified atom stereocenters. The highest BCUT2D eigenvalue weighted by molar-refractivity contribution is 5.80. The van der Waals surface area contributed by atoms with Crippen molar-refractivity contribution in [3.05, 3.63) is 78.6 Å². The van der Waals surface area contributed by atoms with Gasteiger partial charge in [0.1, 0.15) is 5.75 Å². The largest absolute Gasteiger partial charge is 0.481 e. The molecule has 1 atom stereocenters. The average molecular weight is 335 g/mol. The van der Waals surface area contributed by atoms with Crippen molar-refractivity contribution in [1.82, 2.24) is 15.1 Å². The molecule has 0 aliphatic carbocycles. The minimum atomic E-state index is -0.524. The highest BCUT2D eigenvalue weighted by atomic mass is 16.5. The van der Waals surface area contributed by atoms with Gasteiger partial charge in [-0.15, -0.1) is 0 Å². The van der Waals surface area contributed by atoms with Crippen LogP contribution < -0.4 is 10.1 Å². The number of carbonyl (C=O) groups is 1. The smallest absolute Gasteiger partial charge is 0.260 e. The summed E-state index contributed by atoms with van der Waals surface area (Å²) in [5.74, 6) is 0.580. The molecular formula is C20H21N3O2. The van der Waals surface area contributed by atoms with Gasteiger partial charge in [-0.3, -0.25) is 4.79 Å². The summed E-state index contributed by atoms with van der Waals surface area (Å²) >= 11 is 0. The quantitative estimate of drug-likeness (QED) is 0.722. The van der Waals surface area contributed by atoms with Crippen molar-refractivity contribution in [3.63, 3.8) is 0 Å². The van der Waals surface area contributed by atoms with Crippen LogP contribution in [0, 0.1) is 0 Å². The third-order valence-electron chi connectivity index (χ3n) is 3.84. The highest BCUT2D eigenvalue weighted by Crippen LogP contribution is 2.11. The molecule has 25 heavy (non-hydrogen) atoms. The van der Waals surface area contributed by atoms with E-state index in [4.69, 9.17) is 4.74 Å². The van der Waals surface area contributed by atoms with Crippen LogP contribution in [0.25, 0.3) is 5.69 Å². The summed E-state index contributed by atoms with van der Waals surface area (Å²) in [5.41, 5.74) is 2.18. The van der Waals surface area contributed by atoms with Crippen LogP contribution in [0.5, 0.6) is 5.75 Å². The standard InChI is InChI=1S/C20H21N3O2/c1-16(25-19-6-3-2-4-7-19)20(24)21-14-12-17-8-10-18(11-9-17)23-15-5-13-22-23/h2-11,13,15-16H,12,14H2,1H3,(H,21,24). The van der Waals surface area contributed by atoms with Gasteiger partial charge >= 0.3 is 0 Å². The zero-order valence-corrected chi connectivity index (χ0v) is 14.1. The summed E-state index contributed by atoms with van der Waals surface area (Å²) in [6, 6.07) is 19.4. The van der Waals surface area contributed by atoms with Gasteiger partial charge in [-0.1, -0.05) is 30.3 Å². The molecule has 0 saturated carbocycles. The maximum atomic E-state index is 12.1. The number of rotatable bonds is 7. The van der Waals surface area contributed by atoms with Crippen LogP contribution >= 0.6 is 0 Å². The van der Waals surface area contributed by atoms with Crippen LogP contribution in [0.2, 0.25) is 0 Å². The van der Waals surface area contributed by atoms with Gasteiger partial charge in [-0.25, -0.2) is 4.68 Å². The fourth-order valence-corrected chi connectivity index (χ4v) is 2.47. The third-order valence-corrected chi connectivity index (χ3v) is 3.84. The van der Waals surface area contributed by atoms with Crippen molar-refractivity contribution in [3.8, 4) is 11.4 Å². The van der Waals surface area contributed by atoms with Crippen molar-refractivity contribution in [2.75, 3.05) is 6.54 Å². The monoisotopic (exact) mass is 335 g/mol. The van der Waals surface area contributed by atoms with Gasteiger partial charge in [0.05, 0.1) is 5.69 Å². The molecule has 0 aliphatic heterocycles. The molecule has 3 aromatic rings. The number of ether oxygens (including phenoxy) is 1. The first-order valence-electron chi connectivity index (χ1n) is 8.31. The fraction of sp³-hybridized carbons (Fsp3) is 0.200. The number of carbonyl (C=O) groups excluding carboxylic acids is 1. The zero-order chi connectivity index (χ0) is 17.5. The number of nitrogens with zero attached hydrogens (tertiary/aromatic N) is 2. The van der Waals surface area contributed by atoms with Crippen LogP contribution in [0.3, 0.4) is 0 Å². The van der Waals surface area contributed by atoms with E-state index in [1.807, 2.05) is 71.5 Å². The Kier molecular flexibility index (Phi) is 5.46. The summed E-state index contributed by atoms with van der Waals surface area (Å²) < 4.78 is 7.43. The van der Waals surface area contributed by atoms with E-state index in [2.05, 4.69) is 10.4 Å². The van der Waals surface area contributed by atoms with Crippen molar-refractivity contribution in [2.45, 2.75) is 19.4 Å². The highest BCUT2D eigenvalue weighted by Gasteiger charge is 2.13. The summed E-state index contributed by atoms with van der Waals surface area (Å²) in [4.78, 5) is 12.1. The molecule has 1 heterocycles. The normalized spacial score (nSPS) is 11.7. The van der Waals surface area contributed by atoms with E-state index in [1.54, 1.807) is 13.1 Å². The Labute approximate surface area is 147 Å². The van der Waals surface area contributed by atoms with E-state index < -0.39 is 6.10 Å². The molecule has 1 aromatic heterocycles. The van der Waals surface area contributed by atoms with Crippen LogP contribution in [-0.2, 0) is 11.2 Å². The molecule has 2 aromatic carbocycles. The zero-order valence-electron chi connectivity index (χ0n) is 14.1. The second-order valence-corrected chi connectivity index (χ2v) is 5.73. The number of para-hydroxylation sites is 1. The lowest BCUT2D eigenvalue weighted by molar-refractivity contribution is -0.127. The first kappa shape index (κ1) is 16.8. The molecule has 1 amide bonds. The Morgan fingerprint density at radius 1 is 1.12 bits per heavy atom. The fourth-order valence-electron chi connectivity index (χ4n) is 2.47. The predicted octanol–water partition coefficient (Wildman–Crippen LogP) is 3.00. The topological polar surface area (TPSA) is 56.1 Å². The van der Waals surface area contributed by atoms with E-state index in [9.17, 15) is 4.79 Å². The first-order valence-corrected chi connectivity index (χ1v) is 8.31. The number of nitrogens with one attached hydrogen (secondary N) is 1. The van der Waals surface area contributed by atoms with E-state index in [0.717, 1.165) is 17.7 Å². The molecule has 5 heteroatoms. The van der Waals surface area contributed by atoms with E-state index in [0.29, 0.717) is 12.3 Å². The van der Waals surface area contributed by atoms with Gasteiger partial charge in [-0.05, 0) is 49.2 Å². The van der Waals surface area contributed by atoms with E-state index >= 15 is 0 Å². The number of hydrogen-bond donors (Lipinski definition) is 1. The van der Waals surface area contributed by atoms with Crippen molar-refractivity contribution in [2.24, 2.45) is 0 Å². The van der Waals surface area contributed by atoms with Crippen LogP contribution in [0.15, 0.2) is 73.1 Å². The maximum Gasteiger partial charge on any atom is 0.260 e. The number of benzene rings is 2.